The molecule has 1 heterocycles. The molecule has 19 heavy (non-hydrogen) atoms. The minimum atomic E-state index is -3.66. The van der Waals surface area contributed by atoms with Crippen molar-refractivity contribution in [3.8, 4) is 0 Å². The third kappa shape index (κ3) is 3.31. The Morgan fingerprint density at radius 3 is 2.63 bits per heavy atom. The van der Waals surface area contributed by atoms with E-state index >= 15 is 0 Å². The van der Waals surface area contributed by atoms with Gasteiger partial charge in [-0.2, -0.15) is 0 Å². The summed E-state index contributed by atoms with van der Waals surface area (Å²) in [4.78, 5) is 3.76. The maximum absolute atomic E-state index is 12.1. The minimum Gasteiger partial charge on any atom is -0.383 e. The van der Waals surface area contributed by atoms with Gasteiger partial charge in [0.2, 0.25) is 10.0 Å². The normalized spacial score (nSPS) is 11.4. The molecule has 0 unspecified atom stereocenters. The van der Waals surface area contributed by atoms with Crippen molar-refractivity contribution in [3.63, 3.8) is 0 Å². The van der Waals surface area contributed by atoms with Gasteiger partial charge in [-0.25, -0.2) is 18.1 Å². The molecule has 2 aromatic rings. The van der Waals surface area contributed by atoms with Crippen LogP contribution in [0.3, 0.4) is 0 Å². The molecule has 0 aliphatic rings. The highest BCUT2D eigenvalue weighted by Gasteiger charge is 2.17. The van der Waals surface area contributed by atoms with Crippen molar-refractivity contribution in [1.82, 2.24) is 9.71 Å². The number of pyridine rings is 1. The van der Waals surface area contributed by atoms with Crippen molar-refractivity contribution < 1.29 is 8.42 Å². The molecule has 3 N–H and O–H groups in total. The van der Waals surface area contributed by atoms with E-state index < -0.39 is 10.0 Å². The predicted octanol–water partition coefficient (Wildman–Crippen LogP) is 1.90. The molecular weight excluding hydrogens is 330 g/mol. The molecule has 100 valence electrons. The Hall–Kier alpha value is -1.44. The molecule has 0 saturated heterocycles. The summed E-state index contributed by atoms with van der Waals surface area (Å²) < 4.78 is 27.5. The number of benzene rings is 1. The van der Waals surface area contributed by atoms with Crippen LogP contribution in [-0.2, 0) is 16.6 Å². The van der Waals surface area contributed by atoms with E-state index in [1.807, 2.05) is 24.3 Å². The number of nitrogens with zero attached hydrogens (tertiary/aromatic N) is 1. The molecular formula is C12H12BrN3O2S. The quantitative estimate of drug-likeness (QED) is 0.889. The van der Waals surface area contributed by atoms with Crippen LogP contribution >= 0.6 is 15.9 Å². The van der Waals surface area contributed by atoms with Crippen LogP contribution in [0.4, 0.5) is 5.82 Å². The SMILES string of the molecule is Nc1ncccc1S(=O)(=O)NCc1ccccc1Br. The van der Waals surface area contributed by atoms with Crippen molar-refractivity contribution in [2.45, 2.75) is 11.4 Å². The van der Waals surface area contributed by atoms with Gasteiger partial charge in [0.05, 0.1) is 0 Å². The number of anilines is 1. The lowest BCUT2D eigenvalue weighted by Gasteiger charge is -2.09. The molecule has 1 aromatic heterocycles. The standard InChI is InChI=1S/C12H12BrN3O2S/c13-10-5-2-1-4-9(10)8-16-19(17,18)11-6-3-7-15-12(11)14/h1-7,16H,8H2,(H2,14,15). The van der Waals surface area contributed by atoms with Crippen LogP contribution in [0.15, 0.2) is 52.0 Å². The van der Waals surface area contributed by atoms with Gasteiger partial charge < -0.3 is 5.73 Å². The second kappa shape index (κ2) is 5.68. The molecule has 0 aliphatic heterocycles. The van der Waals surface area contributed by atoms with Crippen LogP contribution < -0.4 is 10.5 Å². The molecule has 0 bridgehead atoms. The lowest BCUT2D eigenvalue weighted by atomic mass is 10.2. The monoisotopic (exact) mass is 341 g/mol. The Morgan fingerprint density at radius 2 is 1.95 bits per heavy atom. The Balaban J connectivity index is 2.20. The largest absolute Gasteiger partial charge is 0.383 e. The summed E-state index contributed by atoms with van der Waals surface area (Å²) in [7, 11) is -3.66. The third-order valence-corrected chi connectivity index (χ3v) is 4.72. The summed E-state index contributed by atoms with van der Waals surface area (Å²) in [5, 5.41) is 0. The lowest BCUT2D eigenvalue weighted by molar-refractivity contribution is 0.581. The molecule has 0 fully saturated rings. The number of hydrogen-bond donors (Lipinski definition) is 2. The van der Waals surface area contributed by atoms with E-state index in [9.17, 15) is 8.42 Å². The molecule has 5 nitrogen and oxygen atoms in total. The van der Waals surface area contributed by atoms with Crippen LogP contribution in [-0.4, -0.2) is 13.4 Å². The van der Waals surface area contributed by atoms with Crippen molar-refractivity contribution in [2.75, 3.05) is 5.73 Å². The number of rotatable bonds is 4. The van der Waals surface area contributed by atoms with E-state index in [1.165, 1.54) is 18.3 Å². The van der Waals surface area contributed by atoms with Crippen LogP contribution in [0.1, 0.15) is 5.56 Å². The number of hydrogen-bond acceptors (Lipinski definition) is 4. The number of aromatic nitrogens is 1. The number of halogens is 1. The molecule has 0 amide bonds. The summed E-state index contributed by atoms with van der Waals surface area (Å²) in [6, 6.07) is 10.3. The second-order valence-electron chi connectivity index (χ2n) is 3.80. The molecule has 0 spiro atoms. The first-order chi connectivity index (χ1) is 9.00. The van der Waals surface area contributed by atoms with E-state index in [4.69, 9.17) is 5.73 Å². The number of nitrogen functional groups attached to an aromatic ring is 1. The van der Waals surface area contributed by atoms with Crippen molar-refractivity contribution >= 4 is 31.8 Å². The Labute approximate surface area is 120 Å². The topological polar surface area (TPSA) is 85.1 Å². The van der Waals surface area contributed by atoms with Crippen molar-refractivity contribution in [3.05, 3.63) is 52.6 Å². The van der Waals surface area contributed by atoms with Gasteiger partial charge in [0.25, 0.3) is 0 Å². The highest BCUT2D eigenvalue weighted by Crippen LogP contribution is 2.18. The Kier molecular flexibility index (Phi) is 4.18. The molecule has 1 aromatic carbocycles. The summed E-state index contributed by atoms with van der Waals surface area (Å²) in [6.45, 7) is 0.179. The Morgan fingerprint density at radius 1 is 1.21 bits per heavy atom. The smallest absolute Gasteiger partial charge is 0.244 e. The zero-order valence-electron chi connectivity index (χ0n) is 9.88. The maximum Gasteiger partial charge on any atom is 0.244 e. The Bertz CT molecular complexity index is 689. The van der Waals surface area contributed by atoms with Gasteiger partial charge in [-0.15, -0.1) is 0 Å². The maximum atomic E-state index is 12.1. The third-order valence-electron chi connectivity index (χ3n) is 2.50. The van der Waals surface area contributed by atoms with Gasteiger partial charge in [0.15, 0.2) is 0 Å². The minimum absolute atomic E-state index is 0.0119. The van der Waals surface area contributed by atoms with Crippen LogP contribution in [0.5, 0.6) is 0 Å². The van der Waals surface area contributed by atoms with E-state index in [1.54, 1.807) is 0 Å². The molecule has 0 saturated carbocycles. The van der Waals surface area contributed by atoms with Gasteiger partial charge in [-0.1, -0.05) is 34.1 Å². The van der Waals surface area contributed by atoms with E-state index in [0.717, 1.165) is 10.0 Å². The van der Waals surface area contributed by atoms with Crippen molar-refractivity contribution in [1.29, 1.82) is 0 Å². The second-order valence-corrected chi connectivity index (χ2v) is 6.39. The molecule has 0 radical (unpaired) electrons. The molecule has 2 rings (SSSR count). The summed E-state index contributed by atoms with van der Waals surface area (Å²) in [5.41, 5.74) is 6.41. The van der Waals surface area contributed by atoms with Gasteiger partial charge >= 0.3 is 0 Å². The average Bonchev–Trinajstić information content (AvgIpc) is 2.38. The first-order valence-corrected chi connectivity index (χ1v) is 7.72. The highest BCUT2D eigenvalue weighted by atomic mass is 79.9. The summed E-state index contributed by atoms with van der Waals surface area (Å²) in [6.07, 6.45) is 1.45. The fraction of sp³-hybridized carbons (Fsp3) is 0.0833. The summed E-state index contributed by atoms with van der Waals surface area (Å²) in [5.74, 6) is -0.0119. The zero-order chi connectivity index (χ0) is 13.9. The first-order valence-electron chi connectivity index (χ1n) is 5.44. The fourth-order valence-electron chi connectivity index (χ4n) is 1.52. The zero-order valence-corrected chi connectivity index (χ0v) is 12.3. The first kappa shape index (κ1) is 14.0. The van der Waals surface area contributed by atoms with E-state index in [2.05, 4.69) is 25.6 Å². The fourth-order valence-corrected chi connectivity index (χ4v) is 3.03. The summed E-state index contributed by atoms with van der Waals surface area (Å²) >= 11 is 3.36. The molecule has 0 atom stereocenters. The van der Waals surface area contributed by atoms with Gasteiger partial charge in [0, 0.05) is 17.2 Å². The highest BCUT2D eigenvalue weighted by molar-refractivity contribution is 9.10. The van der Waals surface area contributed by atoms with E-state index in [-0.39, 0.29) is 17.3 Å². The van der Waals surface area contributed by atoms with E-state index in [0.29, 0.717) is 0 Å². The molecule has 7 heteroatoms. The number of nitrogens with one attached hydrogen (secondary N) is 1. The van der Waals surface area contributed by atoms with Crippen LogP contribution in [0.25, 0.3) is 0 Å². The number of nitrogens with two attached hydrogens (primary N) is 1. The van der Waals surface area contributed by atoms with Gasteiger partial charge in [-0.05, 0) is 23.8 Å². The van der Waals surface area contributed by atoms with Gasteiger partial charge in [-0.3, -0.25) is 0 Å². The average molecular weight is 342 g/mol. The van der Waals surface area contributed by atoms with Crippen molar-refractivity contribution in [2.24, 2.45) is 0 Å². The van der Waals surface area contributed by atoms with Crippen LogP contribution in [0, 0.1) is 0 Å². The lowest BCUT2D eigenvalue weighted by Crippen LogP contribution is -2.24. The van der Waals surface area contributed by atoms with Crippen LogP contribution in [0.2, 0.25) is 0 Å². The number of sulfonamides is 1. The van der Waals surface area contributed by atoms with Gasteiger partial charge in [0.1, 0.15) is 10.7 Å². The molecule has 0 aliphatic carbocycles. The predicted molar refractivity (Wildman–Crippen MR) is 76.8 cm³/mol.